The number of hydrogen-bond acceptors (Lipinski definition) is 4. The highest BCUT2D eigenvalue weighted by molar-refractivity contribution is 7.12. The van der Waals surface area contributed by atoms with Crippen LogP contribution < -0.4 is 10.6 Å². The Labute approximate surface area is 104 Å². The van der Waals surface area contributed by atoms with Crippen LogP contribution in [-0.2, 0) is 4.79 Å². The number of thiophene rings is 1. The molecule has 1 rings (SSSR count). The second-order valence-electron chi connectivity index (χ2n) is 3.77. The van der Waals surface area contributed by atoms with Gasteiger partial charge in [-0.25, -0.2) is 0 Å². The Hall–Kier alpha value is -1.40. The van der Waals surface area contributed by atoms with Crippen LogP contribution in [-0.4, -0.2) is 35.6 Å². The van der Waals surface area contributed by atoms with Gasteiger partial charge in [0.25, 0.3) is 5.91 Å². The number of carbonyl (C=O) groups excluding carboxylic acids is 2. The summed E-state index contributed by atoms with van der Waals surface area (Å²) in [5, 5.41) is 15.9. The molecule has 0 aliphatic heterocycles. The van der Waals surface area contributed by atoms with Crippen molar-refractivity contribution in [1.29, 1.82) is 0 Å². The van der Waals surface area contributed by atoms with Crippen LogP contribution in [0.2, 0.25) is 0 Å². The Morgan fingerprint density at radius 2 is 2.18 bits per heavy atom. The molecule has 0 spiro atoms. The Bertz CT molecular complexity index is 376. The first-order valence-electron chi connectivity index (χ1n) is 5.31. The lowest BCUT2D eigenvalue weighted by Crippen LogP contribution is -2.46. The van der Waals surface area contributed by atoms with Gasteiger partial charge < -0.3 is 15.7 Å². The molecule has 0 aliphatic rings. The largest absolute Gasteiger partial charge is 0.392 e. The van der Waals surface area contributed by atoms with Crippen LogP contribution in [0.3, 0.4) is 0 Å². The molecule has 2 atom stereocenters. The lowest BCUT2D eigenvalue weighted by atomic mass is 10.3. The Balaban J connectivity index is 2.41. The summed E-state index contributed by atoms with van der Waals surface area (Å²) in [6.45, 7) is 3.36. The summed E-state index contributed by atoms with van der Waals surface area (Å²) in [7, 11) is 0. The average Bonchev–Trinajstić information content (AvgIpc) is 2.78. The predicted molar refractivity (Wildman–Crippen MR) is 65.9 cm³/mol. The summed E-state index contributed by atoms with van der Waals surface area (Å²) in [5.74, 6) is -0.574. The number of nitrogens with one attached hydrogen (secondary N) is 2. The molecule has 6 heteroatoms. The predicted octanol–water partition coefficient (Wildman–Crippen LogP) is 0.363. The minimum absolute atomic E-state index is 0.179. The smallest absolute Gasteiger partial charge is 0.261 e. The molecule has 0 fully saturated rings. The van der Waals surface area contributed by atoms with Gasteiger partial charge in [-0.2, -0.15) is 0 Å². The van der Waals surface area contributed by atoms with Gasteiger partial charge in [-0.05, 0) is 25.3 Å². The van der Waals surface area contributed by atoms with E-state index >= 15 is 0 Å². The SMILES string of the molecule is CC(O)CNC(=O)C(C)NC(=O)c1cccs1. The maximum Gasteiger partial charge on any atom is 0.261 e. The maximum atomic E-state index is 11.6. The van der Waals surface area contributed by atoms with Gasteiger partial charge in [0.15, 0.2) is 0 Å². The van der Waals surface area contributed by atoms with Crippen LogP contribution in [0.4, 0.5) is 0 Å². The van der Waals surface area contributed by atoms with E-state index in [1.807, 2.05) is 0 Å². The van der Waals surface area contributed by atoms with E-state index in [-0.39, 0.29) is 18.4 Å². The van der Waals surface area contributed by atoms with Crippen molar-refractivity contribution in [1.82, 2.24) is 10.6 Å². The lowest BCUT2D eigenvalue weighted by Gasteiger charge is -2.14. The molecular formula is C11H16N2O3S. The second-order valence-corrected chi connectivity index (χ2v) is 4.71. The van der Waals surface area contributed by atoms with E-state index < -0.39 is 12.1 Å². The number of aliphatic hydroxyl groups excluding tert-OH is 1. The summed E-state index contributed by atoms with van der Waals surface area (Å²) < 4.78 is 0. The maximum absolute atomic E-state index is 11.6. The van der Waals surface area contributed by atoms with Crippen molar-refractivity contribution in [2.45, 2.75) is 26.0 Å². The Kier molecular flexibility index (Phi) is 5.11. The van der Waals surface area contributed by atoms with E-state index in [0.29, 0.717) is 4.88 Å². The highest BCUT2D eigenvalue weighted by atomic mass is 32.1. The van der Waals surface area contributed by atoms with Crippen LogP contribution >= 0.6 is 11.3 Å². The third-order valence-corrected chi connectivity index (χ3v) is 2.93. The number of rotatable bonds is 5. The molecule has 94 valence electrons. The van der Waals surface area contributed by atoms with Crippen LogP contribution in [0.5, 0.6) is 0 Å². The first kappa shape index (κ1) is 13.7. The van der Waals surface area contributed by atoms with Crippen molar-refractivity contribution < 1.29 is 14.7 Å². The zero-order valence-electron chi connectivity index (χ0n) is 9.77. The van der Waals surface area contributed by atoms with Gasteiger partial charge in [0.2, 0.25) is 5.91 Å². The van der Waals surface area contributed by atoms with Crippen molar-refractivity contribution in [3.05, 3.63) is 22.4 Å². The molecule has 0 aromatic carbocycles. The summed E-state index contributed by atoms with van der Waals surface area (Å²) in [6, 6.07) is 2.85. The molecule has 0 aliphatic carbocycles. The Morgan fingerprint density at radius 3 is 2.71 bits per heavy atom. The zero-order valence-corrected chi connectivity index (χ0v) is 10.6. The lowest BCUT2D eigenvalue weighted by molar-refractivity contribution is -0.123. The molecule has 0 bridgehead atoms. The van der Waals surface area contributed by atoms with Crippen LogP contribution in [0.15, 0.2) is 17.5 Å². The van der Waals surface area contributed by atoms with E-state index in [1.165, 1.54) is 11.3 Å². The third kappa shape index (κ3) is 4.54. The normalized spacial score (nSPS) is 13.8. The van der Waals surface area contributed by atoms with Crippen molar-refractivity contribution >= 4 is 23.2 Å². The Morgan fingerprint density at radius 1 is 1.47 bits per heavy atom. The van der Waals surface area contributed by atoms with Gasteiger partial charge in [0.05, 0.1) is 11.0 Å². The minimum Gasteiger partial charge on any atom is -0.392 e. The first-order valence-corrected chi connectivity index (χ1v) is 6.19. The van der Waals surface area contributed by atoms with E-state index in [1.54, 1.807) is 31.4 Å². The molecule has 3 N–H and O–H groups in total. The summed E-state index contributed by atoms with van der Waals surface area (Å²) in [6.07, 6.45) is -0.598. The van der Waals surface area contributed by atoms with E-state index in [4.69, 9.17) is 5.11 Å². The fourth-order valence-electron chi connectivity index (χ4n) is 1.14. The molecule has 1 heterocycles. The van der Waals surface area contributed by atoms with Gasteiger partial charge in [0, 0.05) is 6.54 Å². The molecule has 0 saturated carbocycles. The number of carbonyl (C=O) groups is 2. The van der Waals surface area contributed by atoms with Crippen molar-refractivity contribution in [3.8, 4) is 0 Å². The fraction of sp³-hybridized carbons (Fsp3) is 0.455. The number of aliphatic hydroxyl groups is 1. The van der Waals surface area contributed by atoms with Crippen molar-refractivity contribution in [2.24, 2.45) is 0 Å². The van der Waals surface area contributed by atoms with Crippen molar-refractivity contribution in [3.63, 3.8) is 0 Å². The van der Waals surface area contributed by atoms with Crippen LogP contribution in [0.25, 0.3) is 0 Å². The topological polar surface area (TPSA) is 78.4 Å². The van der Waals surface area contributed by atoms with Gasteiger partial charge in [-0.3, -0.25) is 9.59 Å². The first-order chi connectivity index (χ1) is 8.00. The third-order valence-electron chi connectivity index (χ3n) is 2.06. The second kappa shape index (κ2) is 6.36. The number of hydrogen-bond donors (Lipinski definition) is 3. The molecule has 5 nitrogen and oxygen atoms in total. The standard InChI is InChI=1S/C11H16N2O3S/c1-7(14)6-12-10(15)8(2)13-11(16)9-4-3-5-17-9/h3-5,7-8,14H,6H2,1-2H3,(H,12,15)(H,13,16). The van der Waals surface area contributed by atoms with Gasteiger partial charge >= 0.3 is 0 Å². The summed E-state index contributed by atoms with van der Waals surface area (Å²) in [5.41, 5.74) is 0. The van der Waals surface area contributed by atoms with Gasteiger partial charge in [0.1, 0.15) is 6.04 Å². The number of amides is 2. The molecule has 1 aromatic heterocycles. The minimum atomic E-state index is -0.622. The monoisotopic (exact) mass is 256 g/mol. The fourth-order valence-corrected chi connectivity index (χ4v) is 1.77. The van der Waals surface area contributed by atoms with Crippen molar-refractivity contribution in [2.75, 3.05) is 6.54 Å². The van der Waals surface area contributed by atoms with E-state index in [0.717, 1.165) is 0 Å². The molecular weight excluding hydrogens is 240 g/mol. The zero-order chi connectivity index (χ0) is 12.8. The molecule has 0 radical (unpaired) electrons. The van der Waals surface area contributed by atoms with E-state index in [2.05, 4.69) is 10.6 Å². The molecule has 2 unspecified atom stereocenters. The average molecular weight is 256 g/mol. The molecule has 1 aromatic rings. The van der Waals surface area contributed by atoms with Gasteiger partial charge in [-0.15, -0.1) is 11.3 Å². The summed E-state index contributed by atoms with van der Waals surface area (Å²) >= 11 is 1.32. The molecule has 2 amide bonds. The highest BCUT2D eigenvalue weighted by Crippen LogP contribution is 2.07. The van der Waals surface area contributed by atoms with Crippen LogP contribution in [0.1, 0.15) is 23.5 Å². The van der Waals surface area contributed by atoms with Gasteiger partial charge in [-0.1, -0.05) is 6.07 Å². The molecule has 17 heavy (non-hydrogen) atoms. The molecule has 0 saturated heterocycles. The van der Waals surface area contributed by atoms with Crippen LogP contribution in [0, 0.1) is 0 Å². The quantitative estimate of drug-likeness (QED) is 0.712. The summed E-state index contributed by atoms with van der Waals surface area (Å²) in [4.78, 5) is 23.7. The highest BCUT2D eigenvalue weighted by Gasteiger charge is 2.16. The van der Waals surface area contributed by atoms with E-state index in [9.17, 15) is 9.59 Å².